The normalized spacial score (nSPS) is 16.9. The first-order valence-electron chi connectivity index (χ1n) is 5.11. The van der Waals surface area contributed by atoms with Crippen LogP contribution in [0.15, 0.2) is 23.1 Å². The van der Waals surface area contributed by atoms with Gasteiger partial charge in [0.2, 0.25) is 0 Å². The van der Waals surface area contributed by atoms with Gasteiger partial charge in [0.05, 0.1) is 12.7 Å². The lowest BCUT2D eigenvalue weighted by Crippen LogP contribution is -2.35. The molecule has 92 valence electrons. The Kier molecular flexibility index (Phi) is 2.73. The Bertz CT molecular complexity index is 506. The van der Waals surface area contributed by atoms with Gasteiger partial charge in [0, 0.05) is 12.3 Å². The van der Waals surface area contributed by atoms with Crippen LogP contribution in [0.2, 0.25) is 0 Å². The van der Waals surface area contributed by atoms with Crippen LogP contribution < -0.4 is 5.56 Å². The first-order chi connectivity index (χ1) is 8.01. The molecular weight excluding hydrogens is 232 g/mol. The van der Waals surface area contributed by atoms with Crippen molar-refractivity contribution in [3.05, 3.63) is 34.2 Å². The maximum Gasteiger partial charge on any atom is 0.339 e. The molecule has 1 fully saturated rings. The van der Waals surface area contributed by atoms with Crippen LogP contribution >= 0.6 is 0 Å². The van der Waals surface area contributed by atoms with Gasteiger partial charge in [-0.1, -0.05) is 0 Å². The molecule has 0 bridgehead atoms. The van der Waals surface area contributed by atoms with Gasteiger partial charge in [0.15, 0.2) is 0 Å². The van der Waals surface area contributed by atoms with Crippen LogP contribution in [0.25, 0.3) is 0 Å². The standard InChI is InChI=1S/C11H11F2NO3/c1-17-9(16)7-2-3-8(15)14(6-7)11(4-5-11)10(12)13/h2-3,6,10H,4-5H2,1H3. The van der Waals surface area contributed by atoms with E-state index in [4.69, 9.17) is 0 Å². The molecule has 6 heteroatoms. The van der Waals surface area contributed by atoms with Gasteiger partial charge in [-0.3, -0.25) is 4.79 Å². The molecular formula is C11H11F2NO3. The Balaban J connectivity index is 2.48. The van der Waals surface area contributed by atoms with Crippen LogP contribution in [0, 0.1) is 0 Å². The molecule has 1 saturated carbocycles. The van der Waals surface area contributed by atoms with Crippen LogP contribution in [0.1, 0.15) is 23.2 Å². The number of rotatable bonds is 3. The van der Waals surface area contributed by atoms with Crippen molar-refractivity contribution in [3.8, 4) is 0 Å². The Morgan fingerprint density at radius 1 is 1.47 bits per heavy atom. The topological polar surface area (TPSA) is 48.3 Å². The molecule has 4 nitrogen and oxygen atoms in total. The molecule has 1 aliphatic carbocycles. The molecule has 0 atom stereocenters. The van der Waals surface area contributed by atoms with Gasteiger partial charge in [-0.05, 0) is 18.9 Å². The highest BCUT2D eigenvalue weighted by Gasteiger charge is 2.53. The molecule has 0 aliphatic heterocycles. The molecule has 0 saturated heterocycles. The summed E-state index contributed by atoms with van der Waals surface area (Å²) in [7, 11) is 1.19. The zero-order valence-corrected chi connectivity index (χ0v) is 9.15. The van der Waals surface area contributed by atoms with Gasteiger partial charge in [0.25, 0.3) is 12.0 Å². The summed E-state index contributed by atoms with van der Waals surface area (Å²) in [6.45, 7) is 0. The number of ether oxygens (including phenoxy) is 1. The van der Waals surface area contributed by atoms with E-state index in [-0.39, 0.29) is 18.4 Å². The van der Waals surface area contributed by atoms with Crippen molar-refractivity contribution in [1.29, 1.82) is 0 Å². The van der Waals surface area contributed by atoms with Crippen molar-refractivity contribution >= 4 is 5.97 Å². The van der Waals surface area contributed by atoms with Crippen LogP contribution in [0.5, 0.6) is 0 Å². The number of carbonyl (C=O) groups excluding carboxylic acids is 1. The number of nitrogens with zero attached hydrogens (tertiary/aromatic N) is 1. The molecule has 17 heavy (non-hydrogen) atoms. The van der Waals surface area contributed by atoms with Gasteiger partial charge in [-0.25, -0.2) is 13.6 Å². The molecule has 0 aromatic carbocycles. The maximum absolute atomic E-state index is 12.9. The molecule has 1 aromatic heterocycles. The van der Waals surface area contributed by atoms with Crippen molar-refractivity contribution in [2.24, 2.45) is 0 Å². The van der Waals surface area contributed by atoms with Gasteiger partial charge in [-0.15, -0.1) is 0 Å². The number of halogens is 2. The third-order valence-electron chi connectivity index (χ3n) is 2.98. The quantitative estimate of drug-likeness (QED) is 0.754. The predicted octanol–water partition coefficient (Wildman–Crippen LogP) is 1.39. The van der Waals surface area contributed by atoms with Crippen molar-refractivity contribution in [2.45, 2.75) is 24.8 Å². The van der Waals surface area contributed by atoms with Crippen LogP contribution in [0.3, 0.4) is 0 Å². The third-order valence-corrected chi connectivity index (χ3v) is 2.98. The molecule has 0 unspecified atom stereocenters. The fourth-order valence-electron chi connectivity index (χ4n) is 1.77. The molecule has 1 heterocycles. The smallest absolute Gasteiger partial charge is 0.339 e. The Morgan fingerprint density at radius 3 is 2.59 bits per heavy atom. The van der Waals surface area contributed by atoms with Gasteiger partial charge >= 0.3 is 5.97 Å². The summed E-state index contributed by atoms with van der Waals surface area (Å²) in [6.07, 6.45) is -0.981. The van der Waals surface area contributed by atoms with E-state index < -0.39 is 23.5 Å². The van der Waals surface area contributed by atoms with Crippen LogP contribution in [0.4, 0.5) is 8.78 Å². The lowest BCUT2D eigenvalue weighted by molar-refractivity contribution is 0.0578. The first-order valence-corrected chi connectivity index (χ1v) is 5.11. The van der Waals surface area contributed by atoms with Crippen molar-refractivity contribution in [2.75, 3.05) is 7.11 Å². The second-order valence-corrected chi connectivity index (χ2v) is 4.02. The molecule has 1 aromatic rings. The molecule has 0 N–H and O–H groups in total. The first kappa shape index (κ1) is 11.8. The zero-order chi connectivity index (χ0) is 12.6. The minimum Gasteiger partial charge on any atom is -0.465 e. The van der Waals surface area contributed by atoms with E-state index in [9.17, 15) is 18.4 Å². The van der Waals surface area contributed by atoms with Gasteiger partial charge in [-0.2, -0.15) is 0 Å². The lowest BCUT2D eigenvalue weighted by Gasteiger charge is -2.18. The molecule has 0 amide bonds. The fourth-order valence-corrected chi connectivity index (χ4v) is 1.77. The van der Waals surface area contributed by atoms with Crippen LogP contribution in [-0.4, -0.2) is 24.1 Å². The van der Waals surface area contributed by atoms with E-state index in [2.05, 4.69) is 4.74 Å². The van der Waals surface area contributed by atoms with Crippen LogP contribution in [-0.2, 0) is 10.3 Å². The number of aromatic nitrogens is 1. The van der Waals surface area contributed by atoms with E-state index in [0.29, 0.717) is 0 Å². The Hall–Kier alpha value is -1.72. The molecule has 1 aliphatic rings. The van der Waals surface area contributed by atoms with Gasteiger partial charge < -0.3 is 9.30 Å². The number of pyridine rings is 1. The number of alkyl halides is 2. The second kappa shape index (κ2) is 3.94. The van der Waals surface area contributed by atoms with E-state index >= 15 is 0 Å². The molecule has 0 spiro atoms. The summed E-state index contributed by atoms with van der Waals surface area (Å²) in [5, 5.41) is 0. The highest BCUT2D eigenvalue weighted by atomic mass is 19.3. The lowest BCUT2D eigenvalue weighted by atomic mass is 10.2. The van der Waals surface area contributed by atoms with Crippen molar-refractivity contribution < 1.29 is 18.3 Å². The second-order valence-electron chi connectivity index (χ2n) is 4.02. The molecule has 0 radical (unpaired) electrons. The van der Waals surface area contributed by atoms with E-state index in [0.717, 1.165) is 16.8 Å². The summed E-state index contributed by atoms with van der Waals surface area (Å²) >= 11 is 0. The van der Waals surface area contributed by atoms with Gasteiger partial charge in [0.1, 0.15) is 5.54 Å². The van der Waals surface area contributed by atoms with E-state index in [1.54, 1.807) is 0 Å². The predicted molar refractivity (Wildman–Crippen MR) is 55.3 cm³/mol. The van der Waals surface area contributed by atoms with Crippen molar-refractivity contribution in [1.82, 2.24) is 4.57 Å². The number of esters is 1. The largest absolute Gasteiger partial charge is 0.465 e. The average Bonchev–Trinajstić information content (AvgIpc) is 3.10. The number of hydrogen-bond donors (Lipinski definition) is 0. The fraction of sp³-hybridized carbons (Fsp3) is 0.455. The monoisotopic (exact) mass is 243 g/mol. The minimum absolute atomic E-state index is 0.0963. The highest BCUT2D eigenvalue weighted by molar-refractivity contribution is 5.88. The minimum atomic E-state index is -2.62. The molecule has 2 rings (SSSR count). The summed E-state index contributed by atoms with van der Waals surface area (Å²) < 4.78 is 31.2. The summed E-state index contributed by atoms with van der Waals surface area (Å²) in [5.41, 5.74) is -1.87. The average molecular weight is 243 g/mol. The summed E-state index contributed by atoms with van der Waals surface area (Å²) in [4.78, 5) is 22.8. The number of methoxy groups -OCH3 is 1. The maximum atomic E-state index is 12.9. The summed E-state index contributed by atoms with van der Waals surface area (Å²) in [5.74, 6) is -0.649. The Morgan fingerprint density at radius 2 is 2.12 bits per heavy atom. The number of carbonyl (C=O) groups is 1. The number of hydrogen-bond acceptors (Lipinski definition) is 3. The summed E-state index contributed by atoms with van der Waals surface area (Å²) in [6, 6.07) is 2.38. The third kappa shape index (κ3) is 1.83. The Labute approximate surface area is 95.8 Å². The zero-order valence-electron chi connectivity index (χ0n) is 9.15. The van der Waals surface area contributed by atoms with E-state index in [1.807, 2.05) is 0 Å². The van der Waals surface area contributed by atoms with Crippen molar-refractivity contribution in [3.63, 3.8) is 0 Å². The SMILES string of the molecule is COC(=O)c1ccc(=O)n(C2(C(F)F)CC2)c1. The van der Waals surface area contributed by atoms with E-state index in [1.165, 1.54) is 13.2 Å². The highest BCUT2D eigenvalue weighted by Crippen LogP contribution is 2.47.